The summed E-state index contributed by atoms with van der Waals surface area (Å²) in [5.41, 5.74) is 1.40. The van der Waals surface area contributed by atoms with Crippen molar-refractivity contribution in [3.63, 3.8) is 0 Å². The lowest BCUT2D eigenvalue weighted by atomic mass is 10.0. The van der Waals surface area contributed by atoms with E-state index in [0.29, 0.717) is 5.56 Å². The topological polar surface area (TPSA) is 154 Å². The van der Waals surface area contributed by atoms with Gasteiger partial charge in [-0.05, 0) is 37.1 Å². The van der Waals surface area contributed by atoms with E-state index in [1.165, 1.54) is 26.0 Å². The van der Waals surface area contributed by atoms with E-state index in [2.05, 4.69) is 16.0 Å². The smallest absolute Gasteiger partial charge is 0.408 e. The number of rotatable bonds is 10. The van der Waals surface area contributed by atoms with Gasteiger partial charge in [-0.3, -0.25) is 14.4 Å². The van der Waals surface area contributed by atoms with E-state index in [-0.39, 0.29) is 18.8 Å². The molecule has 0 fully saturated rings. The van der Waals surface area contributed by atoms with Crippen LogP contribution in [-0.4, -0.2) is 52.2 Å². The minimum atomic E-state index is -1.23. The molecule has 2 aromatic rings. The number of aliphatic carboxylic acids is 1. The molecule has 0 radical (unpaired) electrons. The van der Waals surface area contributed by atoms with Crippen molar-refractivity contribution in [1.82, 2.24) is 16.0 Å². The van der Waals surface area contributed by atoms with Gasteiger partial charge in [0.1, 0.15) is 30.5 Å². The summed E-state index contributed by atoms with van der Waals surface area (Å²) in [7, 11) is 0. The van der Waals surface area contributed by atoms with Gasteiger partial charge >= 0.3 is 12.1 Å². The average Bonchev–Trinajstić information content (AvgIpc) is 2.79. The molecule has 0 aliphatic heterocycles. The summed E-state index contributed by atoms with van der Waals surface area (Å²) in [6.07, 6.45) is -0.768. The fourth-order valence-electron chi connectivity index (χ4n) is 2.76. The van der Waals surface area contributed by atoms with Gasteiger partial charge in [0.2, 0.25) is 11.8 Å². The number of hydrogen-bond donors (Lipinski definition) is 5. The Morgan fingerprint density at radius 3 is 2.06 bits per heavy atom. The first-order valence-corrected chi connectivity index (χ1v) is 10.2. The Hall–Kier alpha value is -4.08. The maximum absolute atomic E-state index is 12.6. The molecule has 176 valence electrons. The first kappa shape index (κ1) is 25.2. The number of aromatic hydroxyl groups is 1. The zero-order chi connectivity index (χ0) is 24.4. The highest BCUT2D eigenvalue weighted by molar-refractivity contribution is 5.92. The summed E-state index contributed by atoms with van der Waals surface area (Å²) >= 11 is 0. The predicted octanol–water partition coefficient (Wildman–Crippen LogP) is 1.32. The minimum absolute atomic E-state index is 0.0278. The third kappa shape index (κ3) is 8.52. The quantitative estimate of drug-likeness (QED) is 0.360. The highest BCUT2D eigenvalue weighted by Crippen LogP contribution is 2.12. The van der Waals surface area contributed by atoms with Gasteiger partial charge in [-0.2, -0.15) is 0 Å². The van der Waals surface area contributed by atoms with Crippen LogP contribution in [0, 0.1) is 0 Å². The molecule has 10 nitrogen and oxygen atoms in total. The molecule has 0 bridgehead atoms. The molecule has 0 saturated carbocycles. The molecule has 0 aliphatic rings. The molecular formula is C23H27N3O7. The second kappa shape index (κ2) is 12.1. The molecule has 0 aliphatic carbocycles. The van der Waals surface area contributed by atoms with Crippen LogP contribution in [0.1, 0.15) is 25.0 Å². The molecular weight excluding hydrogens is 430 g/mol. The van der Waals surface area contributed by atoms with E-state index in [1.807, 2.05) is 6.07 Å². The second-order valence-corrected chi connectivity index (χ2v) is 7.43. The number of phenolic OH excluding ortho intramolecular Hbond substituents is 1. The maximum Gasteiger partial charge on any atom is 0.408 e. The molecule has 3 atom stereocenters. The third-order valence-electron chi connectivity index (χ3n) is 4.68. The Morgan fingerprint density at radius 1 is 0.818 bits per heavy atom. The Kier molecular flexibility index (Phi) is 9.22. The average molecular weight is 457 g/mol. The number of carboxylic acid groups (broad SMARTS) is 1. The Labute approximate surface area is 191 Å². The summed E-state index contributed by atoms with van der Waals surface area (Å²) in [4.78, 5) is 48.3. The van der Waals surface area contributed by atoms with Crippen molar-refractivity contribution in [2.24, 2.45) is 0 Å². The fourth-order valence-corrected chi connectivity index (χ4v) is 2.76. The highest BCUT2D eigenvalue weighted by atomic mass is 16.5. The predicted molar refractivity (Wildman–Crippen MR) is 118 cm³/mol. The highest BCUT2D eigenvalue weighted by Gasteiger charge is 2.27. The molecule has 10 heteroatoms. The number of ether oxygens (including phenoxy) is 1. The fraction of sp³-hybridized carbons (Fsp3) is 0.304. The number of amides is 3. The van der Waals surface area contributed by atoms with E-state index in [4.69, 9.17) is 9.84 Å². The number of hydrogen-bond acceptors (Lipinski definition) is 6. The van der Waals surface area contributed by atoms with Gasteiger partial charge in [-0.25, -0.2) is 4.79 Å². The van der Waals surface area contributed by atoms with Gasteiger partial charge in [0, 0.05) is 6.42 Å². The normalized spacial score (nSPS) is 13.2. The molecule has 2 rings (SSSR count). The molecule has 2 aromatic carbocycles. The number of carbonyl (C=O) groups excluding carboxylic acids is 3. The van der Waals surface area contributed by atoms with Gasteiger partial charge in [0.15, 0.2) is 0 Å². The minimum Gasteiger partial charge on any atom is -0.508 e. The zero-order valence-electron chi connectivity index (χ0n) is 18.3. The molecule has 33 heavy (non-hydrogen) atoms. The van der Waals surface area contributed by atoms with Crippen molar-refractivity contribution in [3.05, 3.63) is 65.7 Å². The van der Waals surface area contributed by atoms with Crippen LogP contribution in [-0.2, 0) is 32.1 Å². The van der Waals surface area contributed by atoms with Crippen LogP contribution < -0.4 is 16.0 Å². The SMILES string of the molecule is C[C@H](NC(=O)[C@@H](Cc1ccc(O)cc1)NC(=O)[C@H](C)NC(=O)OCc1ccccc1)C(=O)O. The summed E-state index contributed by atoms with van der Waals surface area (Å²) in [5, 5.41) is 25.7. The molecule has 0 unspecified atom stereocenters. The van der Waals surface area contributed by atoms with Crippen molar-refractivity contribution in [2.45, 2.75) is 45.0 Å². The lowest BCUT2D eigenvalue weighted by molar-refractivity contribution is -0.141. The van der Waals surface area contributed by atoms with E-state index < -0.39 is 42.0 Å². The van der Waals surface area contributed by atoms with Crippen molar-refractivity contribution in [3.8, 4) is 5.75 Å². The monoisotopic (exact) mass is 457 g/mol. The summed E-state index contributed by atoms with van der Waals surface area (Å²) in [6, 6.07) is 11.7. The number of carbonyl (C=O) groups is 4. The number of benzene rings is 2. The van der Waals surface area contributed by atoms with E-state index in [0.717, 1.165) is 5.56 Å². The van der Waals surface area contributed by atoms with Crippen molar-refractivity contribution in [2.75, 3.05) is 0 Å². The lowest BCUT2D eigenvalue weighted by Crippen LogP contribution is -2.55. The molecule has 5 N–H and O–H groups in total. The summed E-state index contributed by atoms with van der Waals surface area (Å²) < 4.78 is 5.09. The Balaban J connectivity index is 1.99. The van der Waals surface area contributed by atoms with Gasteiger partial charge in [0.25, 0.3) is 0 Å². The van der Waals surface area contributed by atoms with Crippen LogP contribution in [0.2, 0.25) is 0 Å². The maximum atomic E-state index is 12.6. The first-order chi connectivity index (χ1) is 15.7. The zero-order valence-corrected chi connectivity index (χ0v) is 18.3. The molecule has 0 aromatic heterocycles. The van der Waals surface area contributed by atoms with E-state index in [1.54, 1.807) is 36.4 Å². The van der Waals surface area contributed by atoms with Gasteiger partial charge in [-0.1, -0.05) is 42.5 Å². The van der Waals surface area contributed by atoms with E-state index >= 15 is 0 Å². The summed E-state index contributed by atoms with van der Waals surface area (Å²) in [5.74, 6) is -2.55. The van der Waals surface area contributed by atoms with Crippen LogP contribution in [0.3, 0.4) is 0 Å². The number of phenols is 1. The van der Waals surface area contributed by atoms with Crippen molar-refractivity contribution in [1.29, 1.82) is 0 Å². The van der Waals surface area contributed by atoms with Crippen molar-refractivity contribution < 1.29 is 34.1 Å². The lowest BCUT2D eigenvalue weighted by Gasteiger charge is -2.22. The summed E-state index contributed by atoms with van der Waals surface area (Å²) in [6.45, 7) is 2.75. The molecule has 3 amide bonds. The molecule has 0 spiro atoms. The second-order valence-electron chi connectivity index (χ2n) is 7.43. The van der Waals surface area contributed by atoms with Gasteiger partial charge in [-0.15, -0.1) is 0 Å². The molecule has 0 heterocycles. The van der Waals surface area contributed by atoms with Crippen LogP contribution in [0.5, 0.6) is 5.75 Å². The van der Waals surface area contributed by atoms with Crippen LogP contribution >= 0.6 is 0 Å². The number of carboxylic acids is 1. The van der Waals surface area contributed by atoms with Gasteiger partial charge in [0.05, 0.1) is 0 Å². The van der Waals surface area contributed by atoms with E-state index in [9.17, 15) is 24.3 Å². The van der Waals surface area contributed by atoms with Crippen LogP contribution in [0.4, 0.5) is 4.79 Å². The largest absolute Gasteiger partial charge is 0.508 e. The van der Waals surface area contributed by atoms with Crippen LogP contribution in [0.25, 0.3) is 0 Å². The third-order valence-corrected chi connectivity index (χ3v) is 4.68. The molecule has 0 saturated heterocycles. The first-order valence-electron chi connectivity index (χ1n) is 10.2. The van der Waals surface area contributed by atoms with Gasteiger partial charge < -0.3 is 30.9 Å². The number of alkyl carbamates (subject to hydrolysis) is 1. The number of nitrogens with one attached hydrogen (secondary N) is 3. The van der Waals surface area contributed by atoms with Crippen LogP contribution in [0.15, 0.2) is 54.6 Å². The standard InChI is InChI=1S/C23H27N3O7/c1-14(25-23(32)33-13-17-6-4-3-5-7-17)20(28)26-19(21(29)24-15(2)22(30)31)12-16-8-10-18(27)11-9-16/h3-11,14-15,19,27H,12-13H2,1-2H3,(H,24,29)(H,25,32)(H,26,28)(H,30,31)/t14-,15-,19+/m0/s1. The van der Waals surface area contributed by atoms with Crippen molar-refractivity contribution >= 4 is 23.9 Å². The Bertz CT molecular complexity index is 964. The Morgan fingerprint density at radius 2 is 1.45 bits per heavy atom.